The lowest BCUT2D eigenvalue weighted by molar-refractivity contribution is -0.145. The van der Waals surface area contributed by atoms with Crippen molar-refractivity contribution in [3.05, 3.63) is 35.9 Å². The zero-order chi connectivity index (χ0) is 29.7. The highest BCUT2D eigenvalue weighted by molar-refractivity contribution is 7.98. The van der Waals surface area contributed by atoms with Gasteiger partial charge in [0.05, 0.1) is 31.2 Å². The Kier molecular flexibility index (Phi) is 15.0. The van der Waals surface area contributed by atoms with Crippen LogP contribution in [0.1, 0.15) is 38.3 Å². The van der Waals surface area contributed by atoms with Crippen LogP contribution < -0.4 is 21.7 Å². The minimum absolute atomic E-state index is 0.0326. The molecular formula is C25H40N4O9S. The van der Waals surface area contributed by atoms with E-state index in [0.29, 0.717) is 11.3 Å². The second-order valence-electron chi connectivity index (χ2n) is 9.55. The lowest BCUT2D eigenvalue weighted by Gasteiger charge is -2.31. The normalized spacial score (nSPS) is 16.7. The number of rotatable bonds is 17. The summed E-state index contributed by atoms with van der Waals surface area (Å²) in [6.45, 7) is 2.76. The number of aliphatic hydroxyl groups excluding tert-OH is 4. The molecule has 0 radical (unpaired) electrons. The van der Waals surface area contributed by atoms with Crippen LogP contribution in [-0.2, 0) is 19.2 Å². The smallest absolute Gasteiger partial charge is 0.305 e. The summed E-state index contributed by atoms with van der Waals surface area (Å²) in [6.07, 6.45) is -4.95. The Hall–Kier alpha value is -2.75. The highest BCUT2D eigenvalue weighted by Gasteiger charge is 2.37. The minimum atomic E-state index is -2.23. The number of aliphatic carboxylic acids is 1. The zero-order valence-corrected chi connectivity index (χ0v) is 23.0. The van der Waals surface area contributed by atoms with Crippen LogP contribution in [0.4, 0.5) is 0 Å². The molecule has 0 fully saturated rings. The number of hydrogen-bond acceptors (Lipinski definition) is 10. The molecule has 14 heteroatoms. The maximum atomic E-state index is 12.9. The highest BCUT2D eigenvalue weighted by atomic mass is 32.2. The average molecular weight is 573 g/mol. The predicted molar refractivity (Wildman–Crippen MR) is 144 cm³/mol. The van der Waals surface area contributed by atoms with Gasteiger partial charge < -0.3 is 47.2 Å². The molecule has 0 aliphatic carbocycles. The first-order chi connectivity index (χ1) is 18.3. The summed E-state index contributed by atoms with van der Waals surface area (Å²) in [5.41, 5.74) is 6.24. The van der Waals surface area contributed by atoms with Gasteiger partial charge in [-0.3, -0.25) is 19.2 Å². The Morgan fingerprint density at radius 2 is 1.54 bits per heavy atom. The fourth-order valence-corrected chi connectivity index (χ4v) is 4.22. The van der Waals surface area contributed by atoms with E-state index in [4.69, 9.17) is 5.73 Å². The van der Waals surface area contributed by atoms with Gasteiger partial charge >= 0.3 is 5.97 Å². The van der Waals surface area contributed by atoms with Gasteiger partial charge in [-0.15, -0.1) is 0 Å². The van der Waals surface area contributed by atoms with E-state index < -0.39 is 79.2 Å². The average Bonchev–Trinajstić information content (AvgIpc) is 2.89. The van der Waals surface area contributed by atoms with E-state index in [2.05, 4.69) is 16.0 Å². The molecule has 7 atom stereocenters. The van der Waals surface area contributed by atoms with Crippen molar-refractivity contribution in [1.29, 1.82) is 0 Å². The number of carbonyl (C=O) groups excluding carboxylic acids is 3. The van der Waals surface area contributed by atoms with Crippen LogP contribution in [0, 0.1) is 5.92 Å². The molecule has 10 N–H and O–H groups in total. The summed E-state index contributed by atoms with van der Waals surface area (Å²) in [7, 11) is 0. The van der Waals surface area contributed by atoms with E-state index in [0.717, 1.165) is 0 Å². The summed E-state index contributed by atoms with van der Waals surface area (Å²) < 4.78 is 0. The maximum Gasteiger partial charge on any atom is 0.305 e. The topological polar surface area (TPSA) is 232 Å². The third-order valence-electron chi connectivity index (χ3n) is 5.80. The van der Waals surface area contributed by atoms with E-state index in [9.17, 15) is 44.7 Å². The summed E-state index contributed by atoms with van der Waals surface area (Å²) in [5, 5.41) is 57.6. The van der Waals surface area contributed by atoms with Crippen LogP contribution in [0.2, 0.25) is 0 Å². The number of nitrogens with two attached hydrogens (primary N) is 1. The van der Waals surface area contributed by atoms with Gasteiger partial charge in [-0.2, -0.15) is 11.8 Å². The van der Waals surface area contributed by atoms with Gasteiger partial charge in [-0.05, 0) is 24.2 Å². The Bertz CT molecular complexity index is 937. The van der Waals surface area contributed by atoms with Gasteiger partial charge in [0.1, 0.15) is 18.2 Å². The van der Waals surface area contributed by atoms with Crippen LogP contribution in [0.5, 0.6) is 0 Å². The Balaban J connectivity index is 2.94. The molecule has 220 valence electrons. The first-order valence-electron chi connectivity index (χ1n) is 12.4. The first-order valence-corrected chi connectivity index (χ1v) is 13.8. The fraction of sp³-hybridized carbons (Fsp3) is 0.600. The number of amides is 3. The largest absolute Gasteiger partial charge is 0.481 e. The number of hydrogen-bond donors (Lipinski definition) is 9. The standard InChI is InChI=1S/C25H40N4O9S/c1-13(2)9-17(28-23(36)15(26)12-39-3)24(37)29-18(11-30)20(33)21(34)22(35)25(38)27-16(10-19(31)32)14-7-5-4-6-8-14/h4-8,13,15-18,20-22,30,33-35H,9-12,26H2,1-3H3,(H,27,38)(H,28,36)(H,29,37)(H,31,32)/t15-,16-,17-,18-,20+,21+,22-/m0/s1. The second kappa shape index (κ2) is 17.0. The van der Waals surface area contributed by atoms with E-state index in [1.807, 2.05) is 13.8 Å². The molecule has 0 spiro atoms. The molecule has 0 unspecified atom stereocenters. The Morgan fingerprint density at radius 3 is 2.05 bits per heavy atom. The molecule has 1 aromatic rings. The van der Waals surface area contributed by atoms with Crippen LogP contribution >= 0.6 is 11.8 Å². The number of nitrogens with one attached hydrogen (secondary N) is 3. The molecular weight excluding hydrogens is 532 g/mol. The van der Waals surface area contributed by atoms with Crippen molar-refractivity contribution in [2.24, 2.45) is 11.7 Å². The quantitative estimate of drug-likeness (QED) is 0.100. The number of carboxylic acid groups (broad SMARTS) is 1. The Labute approximate surface area is 231 Å². The maximum absolute atomic E-state index is 12.9. The van der Waals surface area contributed by atoms with Gasteiger partial charge in [0.15, 0.2) is 6.10 Å². The number of benzene rings is 1. The molecule has 1 aromatic carbocycles. The van der Waals surface area contributed by atoms with Gasteiger partial charge in [0.2, 0.25) is 11.8 Å². The lowest BCUT2D eigenvalue weighted by atomic mass is 9.98. The minimum Gasteiger partial charge on any atom is -0.481 e. The number of carbonyl (C=O) groups is 4. The lowest BCUT2D eigenvalue weighted by Crippen LogP contribution is -2.60. The Morgan fingerprint density at radius 1 is 0.923 bits per heavy atom. The van der Waals surface area contributed by atoms with Gasteiger partial charge in [0.25, 0.3) is 5.91 Å². The van der Waals surface area contributed by atoms with Crippen molar-refractivity contribution < 1.29 is 44.7 Å². The van der Waals surface area contributed by atoms with Crippen LogP contribution in [0.15, 0.2) is 30.3 Å². The van der Waals surface area contributed by atoms with Gasteiger partial charge in [-0.1, -0.05) is 44.2 Å². The third kappa shape index (κ3) is 11.5. The van der Waals surface area contributed by atoms with Crippen LogP contribution in [-0.4, -0.2) is 104 Å². The van der Waals surface area contributed by atoms with E-state index in [-0.39, 0.29) is 12.3 Å². The molecule has 0 aromatic heterocycles. The van der Waals surface area contributed by atoms with E-state index in [1.165, 1.54) is 11.8 Å². The molecule has 13 nitrogen and oxygen atoms in total. The summed E-state index contributed by atoms with van der Waals surface area (Å²) in [6, 6.07) is 3.60. The number of thioether (sulfide) groups is 1. The number of carboxylic acids is 1. The molecule has 39 heavy (non-hydrogen) atoms. The molecule has 0 saturated carbocycles. The molecule has 1 rings (SSSR count). The van der Waals surface area contributed by atoms with Crippen molar-refractivity contribution in [2.75, 3.05) is 18.6 Å². The molecule has 0 aliphatic rings. The fourth-order valence-electron chi connectivity index (χ4n) is 3.71. The summed E-state index contributed by atoms with van der Waals surface area (Å²) >= 11 is 1.35. The molecule has 0 saturated heterocycles. The van der Waals surface area contributed by atoms with Crippen molar-refractivity contribution in [2.45, 2.75) is 69.2 Å². The SMILES string of the molecule is CSC[C@H](N)C(=O)N[C@@H](CC(C)C)C(=O)N[C@@H](CO)[C@@H](O)[C@@H](O)[C@H](O)C(=O)N[C@@H](CC(=O)O)c1ccccc1. The van der Waals surface area contributed by atoms with Crippen molar-refractivity contribution >= 4 is 35.5 Å². The van der Waals surface area contributed by atoms with E-state index >= 15 is 0 Å². The van der Waals surface area contributed by atoms with Gasteiger partial charge in [0, 0.05) is 5.75 Å². The van der Waals surface area contributed by atoms with Crippen molar-refractivity contribution in [1.82, 2.24) is 16.0 Å². The van der Waals surface area contributed by atoms with Gasteiger partial charge in [-0.25, -0.2) is 0 Å². The third-order valence-corrected chi connectivity index (χ3v) is 6.49. The molecule has 3 amide bonds. The number of aliphatic hydroxyl groups is 4. The molecule has 0 bridgehead atoms. The molecule has 0 heterocycles. The van der Waals surface area contributed by atoms with Crippen LogP contribution in [0.25, 0.3) is 0 Å². The van der Waals surface area contributed by atoms with E-state index in [1.54, 1.807) is 36.6 Å². The van der Waals surface area contributed by atoms with Crippen molar-refractivity contribution in [3.63, 3.8) is 0 Å². The van der Waals surface area contributed by atoms with Crippen molar-refractivity contribution in [3.8, 4) is 0 Å². The summed E-state index contributed by atoms with van der Waals surface area (Å²) in [5.74, 6) is -3.44. The molecule has 0 aliphatic heterocycles. The first kappa shape index (κ1) is 34.3. The predicted octanol–water partition coefficient (Wildman–Crippen LogP) is -1.90. The summed E-state index contributed by atoms with van der Waals surface area (Å²) in [4.78, 5) is 49.2. The van der Waals surface area contributed by atoms with Crippen LogP contribution in [0.3, 0.4) is 0 Å². The monoisotopic (exact) mass is 572 g/mol. The highest BCUT2D eigenvalue weighted by Crippen LogP contribution is 2.18. The zero-order valence-electron chi connectivity index (χ0n) is 22.2. The second-order valence-corrected chi connectivity index (χ2v) is 10.5.